The molecule has 19 heavy (non-hydrogen) atoms. The van der Waals surface area contributed by atoms with Crippen LogP contribution in [0.5, 0.6) is 11.5 Å². The Kier molecular flexibility index (Phi) is 4.66. The Labute approximate surface area is 117 Å². The van der Waals surface area contributed by atoms with Gasteiger partial charge in [-0.25, -0.2) is 0 Å². The quantitative estimate of drug-likeness (QED) is 0.881. The number of aromatic hydroxyl groups is 1. The monoisotopic (exact) mass is 277 g/mol. The summed E-state index contributed by atoms with van der Waals surface area (Å²) in [4.78, 5) is 0. The van der Waals surface area contributed by atoms with Crippen LogP contribution in [0.3, 0.4) is 0 Å². The molecule has 0 amide bonds. The van der Waals surface area contributed by atoms with Gasteiger partial charge in [-0.05, 0) is 30.8 Å². The summed E-state index contributed by atoms with van der Waals surface area (Å²) < 4.78 is 5.79. The van der Waals surface area contributed by atoms with Crippen LogP contribution in [-0.2, 0) is 13.2 Å². The molecular weight excluding hydrogens is 262 g/mol. The van der Waals surface area contributed by atoms with E-state index >= 15 is 0 Å². The minimum absolute atomic E-state index is 0.248. The molecule has 0 atom stereocenters. The zero-order valence-electron chi connectivity index (χ0n) is 10.7. The summed E-state index contributed by atoms with van der Waals surface area (Å²) in [5, 5.41) is 12.9. The zero-order valence-corrected chi connectivity index (χ0v) is 11.4. The largest absolute Gasteiger partial charge is 0.508 e. The van der Waals surface area contributed by atoms with Crippen LogP contribution in [0.25, 0.3) is 0 Å². The molecule has 0 unspecified atom stereocenters. The van der Waals surface area contributed by atoms with Crippen molar-refractivity contribution in [1.29, 1.82) is 0 Å². The highest BCUT2D eigenvalue weighted by Gasteiger charge is 2.08. The van der Waals surface area contributed by atoms with Crippen molar-refractivity contribution in [2.45, 2.75) is 13.2 Å². The van der Waals surface area contributed by atoms with Gasteiger partial charge in [-0.15, -0.1) is 0 Å². The predicted molar refractivity (Wildman–Crippen MR) is 76.7 cm³/mol. The van der Waals surface area contributed by atoms with Crippen LogP contribution in [0.15, 0.2) is 42.5 Å². The van der Waals surface area contributed by atoms with Gasteiger partial charge in [0.1, 0.15) is 18.1 Å². The van der Waals surface area contributed by atoms with E-state index in [0.29, 0.717) is 23.9 Å². The minimum atomic E-state index is 0.248. The molecule has 0 aromatic heterocycles. The predicted octanol–water partition coefficient (Wildman–Crippen LogP) is 3.34. The number of para-hydroxylation sites is 1. The molecule has 4 heteroatoms. The molecule has 2 rings (SSSR count). The summed E-state index contributed by atoms with van der Waals surface area (Å²) in [6.45, 7) is 1.12. The van der Waals surface area contributed by atoms with Gasteiger partial charge < -0.3 is 15.2 Å². The molecule has 0 saturated carbocycles. The number of ether oxygens (including phenoxy) is 1. The second-order valence-electron chi connectivity index (χ2n) is 4.21. The Balaban J connectivity index is 2.12. The van der Waals surface area contributed by atoms with E-state index in [1.807, 2.05) is 37.4 Å². The van der Waals surface area contributed by atoms with E-state index in [-0.39, 0.29) is 5.75 Å². The lowest BCUT2D eigenvalue weighted by atomic mass is 10.2. The van der Waals surface area contributed by atoms with Gasteiger partial charge in [0.05, 0.1) is 5.02 Å². The molecule has 3 nitrogen and oxygen atoms in total. The van der Waals surface area contributed by atoms with Crippen molar-refractivity contribution in [1.82, 2.24) is 5.32 Å². The molecule has 100 valence electrons. The van der Waals surface area contributed by atoms with Crippen molar-refractivity contribution in [2.75, 3.05) is 7.05 Å². The maximum atomic E-state index is 9.23. The summed E-state index contributed by atoms with van der Waals surface area (Å²) in [7, 11) is 1.88. The van der Waals surface area contributed by atoms with Crippen molar-refractivity contribution >= 4 is 11.6 Å². The van der Waals surface area contributed by atoms with Gasteiger partial charge in [-0.1, -0.05) is 35.9 Å². The summed E-state index contributed by atoms with van der Waals surface area (Å²) in [5.74, 6) is 0.948. The van der Waals surface area contributed by atoms with Gasteiger partial charge in [0, 0.05) is 12.1 Å². The number of hydrogen-bond donors (Lipinski definition) is 2. The summed E-state index contributed by atoms with van der Waals surface area (Å²) in [5.41, 5.74) is 2.00. The second-order valence-corrected chi connectivity index (χ2v) is 4.62. The molecule has 0 saturated heterocycles. The van der Waals surface area contributed by atoms with Crippen LogP contribution in [-0.4, -0.2) is 12.2 Å². The standard InChI is InChI=1S/C15H16ClNO2/c1-17-9-12-3-2-4-14(16)15(12)19-10-11-5-7-13(18)8-6-11/h2-8,17-18H,9-10H2,1H3. The van der Waals surface area contributed by atoms with Gasteiger partial charge in [0.2, 0.25) is 0 Å². The number of phenolic OH excluding ortho intramolecular Hbond substituents is 1. The van der Waals surface area contributed by atoms with Crippen LogP contribution in [0.4, 0.5) is 0 Å². The number of nitrogens with one attached hydrogen (secondary N) is 1. The molecule has 2 aromatic rings. The van der Waals surface area contributed by atoms with E-state index in [9.17, 15) is 5.11 Å². The van der Waals surface area contributed by atoms with E-state index in [1.165, 1.54) is 0 Å². The van der Waals surface area contributed by atoms with Crippen molar-refractivity contribution in [2.24, 2.45) is 0 Å². The van der Waals surface area contributed by atoms with Crippen LogP contribution < -0.4 is 10.1 Å². The lowest BCUT2D eigenvalue weighted by Gasteiger charge is -2.13. The first-order chi connectivity index (χ1) is 9.20. The highest BCUT2D eigenvalue weighted by molar-refractivity contribution is 6.32. The number of benzene rings is 2. The average molecular weight is 278 g/mol. The van der Waals surface area contributed by atoms with Crippen molar-refractivity contribution in [3.8, 4) is 11.5 Å². The molecule has 0 bridgehead atoms. The van der Waals surface area contributed by atoms with Crippen LogP contribution in [0, 0.1) is 0 Å². The maximum absolute atomic E-state index is 9.23. The number of halogens is 1. The molecule has 0 aliphatic rings. The van der Waals surface area contributed by atoms with E-state index in [1.54, 1.807) is 12.1 Å². The Hall–Kier alpha value is -1.71. The molecule has 0 fully saturated rings. The summed E-state index contributed by atoms with van der Waals surface area (Å²) in [6, 6.07) is 12.6. The average Bonchev–Trinajstić information content (AvgIpc) is 2.40. The normalized spacial score (nSPS) is 10.4. The number of hydrogen-bond acceptors (Lipinski definition) is 3. The van der Waals surface area contributed by atoms with E-state index < -0.39 is 0 Å². The van der Waals surface area contributed by atoms with Gasteiger partial charge in [-0.2, -0.15) is 0 Å². The lowest BCUT2D eigenvalue weighted by Crippen LogP contribution is -2.07. The van der Waals surface area contributed by atoms with Crippen molar-refractivity contribution in [3.05, 3.63) is 58.6 Å². The third kappa shape index (κ3) is 3.63. The third-order valence-electron chi connectivity index (χ3n) is 2.74. The molecule has 2 N–H and O–H groups in total. The third-order valence-corrected chi connectivity index (χ3v) is 3.03. The van der Waals surface area contributed by atoms with E-state index in [4.69, 9.17) is 16.3 Å². The Morgan fingerprint density at radius 3 is 2.58 bits per heavy atom. The first-order valence-corrected chi connectivity index (χ1v) is 6.41. The first kappa shape index (κ1) is 13.7. The molecular formula is C15H16ClNO2. The SMILES string of the molecule is CNCc1cccc(Cl)c1OCc1ccc(O)cc1. The molecule has 0 radical (unpaired) electrons. The summed E-state index contributed by atoms with van der Waals surface area (Å²) >= 11 is 6.16. The van der Waals surface area contributed by atoms with Gasteiger partial charge in [-0.3, -0.25) is 0 Å². The van der Waals surface area contributed by atoms with Crippen molar-refractivity contribution in [3.63, 3.8) is 0 Å². The maximum Gasteiger partial charge on any atom is 0.142 e. The lowest BCUT2D eigenvalue weighted by molar-refractivity contribution is 0.302. The number of phenols is 1. The Morgan fingerprint density at radius 2 is 1.89 bits per heavy atom. The molecule has 0 heterocycles. The number of rotatable bonds is 5. The van der Waals surface area contributed by atoms with Crippen molar-refractivity contribution < 1.29 is 9.84 Å². The van der Waals surface area contributed by atoms with Gasteiger partial charge >= 0.3 is 0 Å². The second kappa shape index (κ2) is 6.45. The van der Waals surface area contributed by atoms with E-state index in [0.717, 1.165) is 11.1 Å². The van der Waals surface area contributed by atoms with Crippen LogP contribution in [0.2, 0.25) is 5.02 Å². The topological polar surface area (TPSA) is 41.5 Å². The molecule has 0 aliphatic carbocycles. The fourth-order valence-electron chi connectivity index (χ4n) is 1.79. The first-order valence-electron chi connectivity index (χ1n) is 6.03. The molecule has 2 aromatic carbocycles. The summed E-state index contributed by atoms with van der Waals surface area (Å²) in [6.07, 6.45) is 0. The molecule has 0 aliphatic heterocycles. The fourth-order valence-corrected chi connectivity index (χ4v) is 2.04. The van der Waals surface area contributed by atoms with Gasteiger partial charge in [0.15, 0.2) is 0 Å². The Morgan fingerprint density at radius 1 is 1.16 bits per heavy atom. The fraction of sp³-hybridized carbons (Fsp3) is 0.200. The highest BCUT2D eigenvalue weighted by atomic mass is 35.5. The van der Waals surface area contributed by atoms with Crippen LogP contribution >= 0.6 is 11.6 Å². The molecule has 0 spiro atoms. The smallest absolute Gasteiger partial charge is 0.142 e. The Bertz CT molecular complexity index is 540. The minimum Gasteiger partial charge on any atom is -0.508 e. The zero-order chi connectivity index (χ0) is 13.7. The van der Waals surface area contributed by atoms with Crippen LogP contribution in [0.1, 0.15) is 11.1 Å². The van der Waals surface area contributed by atoms with E-state index in [2.05, 4.69) is 5.32 Å². The highest BCUT2D eigenvalue weighted by Crippen LogP contribution is 2.29. The van der Waals surface area contributed by atoms with Gasteiger partial charge in [0.25, 0.3) is 0 Å².